The molecular formula is C24H36FN5O. The van der Waals surface area contributed by atoms with E-state index in [4.69, 9.17) is 0 Å². The highest BCUT2D eigenvalue weighted by Crippen LogP contribution is 2.29. The van der Waals surface area contributed by atoms with Crippen LogP contribution in [0.2, 0.25) is 0 Å². The predicted molar refractivity (Wildman–Crippen MR) is 120 cm³/mol. The summed E-state index contributed by atoms with van der Waals surface area (Å²) in [5.41, 5.74) is 0.981. The number of benzene rings is 1. The lowest BCUT2D eigenvalue weighted by Crippen LogP contribution is -2.44. The van der Waals surface area contributed by atoms with Gasteiger partial charge in [0.2, 0.25) is 5.91 Å². The number of aryl methyl sites for hydroxylation is 2. The summed E-state index contributed by atoms with van der Waals surface area (Å²) in [5, 5.41) is 7.69. The van der Waals surface area contributed by atoms with Gasteiger partial charge in [-0.2, -0.15) is 5.10 Å². The molecule has 1 aromatic carbocycles. The normalized spacial score (nSPS) is 18.7. The number of nitrogens with one attached hydrogen (secondary N) is 1. The summed E-state index contributed by atoms with van der Waals surface area (Å²) in [5.74, 6) is 1.96. The smallest absolute Gasteiger partial charge is 0.234 e. The molecule has 0 saturated carbocycles. The Labute approximate surface area is 185 Å². The molecular weight excluding hydrogens is 393 g/mol. The number of likely N-dealkylation sites (tertiary alicyclic amines) is 1. The van der Waals surface area contributed by atoms with E-state index in [1.807, 2.05) is 18.5 Å². The molecule has 0 aliphatic carbocycles. The minimum Gasteiger partial charge on any atom is -0.348 e. The number of amides is 1. The Morgan fingerprint density at radius 1 is 1.26 bits per heavy atom. The van der Waals surface area contributed by atoms with Gasteiger partial charge in [0, 0.05) is 13.1 Å². The van der Waals surface area contributed by atoms with Crippen LogP contribution in [0.25, 0.3) is 0 Å². The number of aromatic nitrogens is 3. The van der Waals surface area contributed by atoms with Crippen molar-refractivity contribution in [3.05, 3.63) is 47.3 Å². The van der Waals surface area contributed by atoms with E-state index in [9.17, 15) is 9.18 Å². The molecule has 2 unspecified atom stereocenters. The van der Waals surface area contributed by atoms with Gasteiger partial charge in [-0.15, -0.1) is 0 Å². The molecule has 1 amide bonds. The van der Waals surface area contributed by atoms with Crippen molar-refractivity contribution < 1.29 is 9.18 Å². The molecule has 7 heteroatoms. The molecule has 170 valence electrons. The Balaban J connectivity index is 1.59. The van der Waals surface area contributed by atoms with Crippen LogP contribution in [0.4, 0.5) is 4.39 Å². The Kier molecular flexibility index (Phi) is 7.46. The predicted octanol–water partition coefficient (Wildman–Crippen LogP) is 4.04. The Morgan fingerprint density at radius 3 is 2.58 bits per heavy atom. The molecule has 1 N–H and O–H groups in total. The van der Waals surface area contributed by atoms with Crippen LogP contribution in [0.5, 0.6) is 0 Å². The van der Waals surface area contributed by atoms with E-state index in [1.54, 1.807) is 12.1 Å². The van der Waals surface area contributed by atoms with Crippen molar-refractivity contribution in [1.29, 1.82) is 0 Å². The molecule has 2 atom stereocenters. The average Bonchev–Trinajstić information content (AvgIpc) is 2.98. The molecule has 6 nitrogen and oxygen atoms in total. The number of nitrogens with zero attached hydrogens (tertiary/aromatic N) is 4. The molecule has 3 rings (SSSR count). The number of halogens is 1. The molecule has 2 aromatic rings. The lowest BCUT2D eigenvalue weighted by atomic mass is 9.85. The summed E-state index contributed by atoms with van der Waals surface area (Å²) in [6.45, 7) is 13.4. The van der Waals surface area contributed by atoms with Crippen LogP contribution >= 0.6 is 0 Å². The fraction of sp³-hybridized carbons (Fsp3) is 0.625. The zero-order valence-corrected chi connectivity index (χ0v) is 19.5. The van der Waals surface area contributed by atoms with E-state index in [2.05, 4.69) is 41.1 Å². The number of piperidine rings is 1. The van der Waals surface area contributed by atoms with Crippen LogP contribution in [0.15, 0.2) is 24.3 Å². The van der Waals surface area contributed by atoms with Crippen LogP contribution in [0.3, 0.4) is 0 Å². The minimum atomic E-state index is -0.262. The largest absolute Gasteiger partial charge is 0.348 e. The van der Waals surface area contributed by atoms with Crippen LogP contribution in [0, 0.1) is 31.0 Å². The van der Waals surface area contributed by atoms with E-state index in [0.717, 1.165) is 56.1 Å². The van der Waals surface area contributed by atoms with Gasteiger partial charge in [-0.05, 0) is 68.7 Å². The van der Waals surface area contributed by atoms with Gasteiger partial charge >= 0.3 is 0 Å². The highest BCUT2D eigenvalue weighted by molar-refractivity contribution is 5.78. The standard InChI is InChI=1S/C24H36FN5O/c1-17-26-18(2)30(28-17)15-19-7-6-12-29(14-19)16-23(31)27-22(13-24(3,4)5)20-8-10-21(25)11-9-20/h8-11,19,22H,6-7,12-16H2,1-5H3,(H,27,31). The zero-order valence-electron chi connectivity index (χ0n) is 19.5. The molecule has 2 heterocycles. The Morgan fingerprint density at radius 2 is 1.97 bits per heavy atom. The van der Waals surface area contributed by atoms with Crippen molar-refractivity contribution in [2.24, 2.45) is 11.3 Å². The van der Waals surface area contributed by atoms with Crippen molar-refractivity contribution in [2.45, 2.75) is 66.5 Å². The van der Waals surface area contributed by atoms with Gasteiger partial charge in [0.15, 0.2) is 0 Å². The number of hydrogen-bond donors (Lipinski definition) is 1. The summed E-state index contributed by atoms with van der Waals surface area (Å²) in [4.78, 5) is 19.5. The SMILES string of the molecule is Cc1nc(C)n(CC2CCCN(CC(=O)NC(CC(C)(C)C)c3ccc(F)cc3)C2)n1. The van der Waals surface area contributed by atoms with Gasteiger partial charge in [-0.3, -0.25) is 9.69 Å². The van der Waals surface area contributed by atoms with Crippen molar-refractivity contribution in [3.63, 3.8) is 0 Å². The number of rotatable bonds is 7. The van der Waals surface area contributed by atoms with Crippen molar-refractivity contribution >= 4 is 5.91 Å². The molecule has 31 heavy (non-hydrogen) atoms. The zero-order chi connectivity index (χ0) is 22.6. The second-order valence-corrected chi connectivity index (χ2v) is 10.1. The maximum Gasteiger partial charge on any atom is 0.234 e. The third-order valence-corrected chi connectivity index (χ3v) is 5.79. The Hall–Kier alpha value is -2.28. The van der Waals surface area contributed by atoms with Crippen LogP contribution in [-0.2, 0) is 11.3 Å². The number of carbonyl (C=O) groups excluding carboxylic acids is 1. The van der Waals surface area contributed by atoms with E-state index < -0.39 is 0 Å². The molecule has 0 spiro atoms. The third-order valence-electron chi connectivity index (χ3n) is 5.79. The summed E-state index contributed by atoms with van der Waals surface area (Å²) in [6, 6.07) is 6.33. The lowest BCUT2D eigenvalue weighted by molar-refractivity contribution is -0.123. The van der Waals surface area contributed by atoms with Crippen LogP contribution in [-0.4, -0.2) is 45.2 Å². The number of hydrogen-bond acceptors (Lipinski definition) is 4. The van der Waals surface area contributed by atoms with Crippen LogP contribution < -0.4 is 5.32 Å². The highest BCUT2D eigenvalue weighted by Gasteiger charge is 2.26. The number of carbonyl (C=O) groups is 1. The van der Waals surface area contributed by atoms with Crippen LogP contribution in [0.1, 0.15) is 63.3 Å². The highest BCUT2D eigenvalue weighted by atomic mass is 19.1. The Bertz CT molecular complexity index is 871. The molecule has 0 radical (unpaired) electrons. The van der Waals surface area contributed by atoms with Gasteiger partial charge in [-0.25, -0.2) is 14.1 Å². The second kappa shape index (κ2) is 9.90. The van der Waals surface area contributed by atoms with E-state index >= 15 is 0 Å². The van der Waals surface area contributed by atoms with Gasteiger partial charge in [-0.1, -0.05) is 32.9 Å². The second-order valence-electron chi connectivity index (χ2n) is 10.1. The first-order chi connectivity index (χ1) is 14.6. The molecule has 1 aromatic heterocycles. The van der Waals surface area contributed by atoms with Crippen molar-refractivity contribution in [2.75, 3.05) is 19.6 Å². The first-order valence-electron chi connectivity index (χ1n) is 11.2. The molecule has 1 aliphatic rings. The monoisotopic (exact) mass is 429 g/mol. The van der Waals surface area contributed by atoms with Gasteiger partial charge in [0.05, 0.1) is 12.6 Å². The van der Waals surface area contributed by atoms with Gasteiger partial charge in [0.1, 0.15) is 17.5 Å². The van der Waals surface area contributed by atoms with Gasteiger partial charge in [0.25, 0.3) is 0 Å². The van der Waals surface area contributed by atoms with Gasteiger partial charge < -0.3 is 5.32 Å². The third kappa shape index (κ3) is 7.13. The fourth-order valence-electron chi connectivity index (χ4n) is 4.43. The summed E-state index contributed by atoms with van der Waals surface area (Å²) in [7, 11) is 0. The topological polar surface area (TPSA) is 63.1 Å². The fourth-order valence-corrected chi connectivity index (χ4v) is 4.43. The summed E-state index contributed by atoms with van der Waals surface area (Å²) < 4.78 is 15.4. The van der Waals surface area contributed by atoms with E-state index in [1.165, 1.54) is 12.1 Å². The van der Waals surface area contributed by atoms with E-state index in [-0.39, 0.29) is 23.2 Å². The van der Waals surface area contributed by atoms with Crippen molar-refractivity contribution in [1.82, 2.24) is 25.0 Å². The van der Waals surface area contributed by atoms with E-state index in [0.29, 0.717) is 12.5 Å². The maximum absolute atomic E-state index is 13.4. The molecule has 1 saturated heterocycles. The first kappa shape index (κ1) is 23.4. The average molecular weight is 430 g/mol. The molecule has 1 fully saturated rings. The quantitative estimate of drug-likeness (QED) is 0.722. The lowest BCUT2D eigenvalue weighted by Gasteiger charge is -2.33. The molecule has 0 bridgehead atoms. The van der Waals surface area contributed by atoms with Crippen molar-refractivity contribution in [3.8, 4) is 0 Å². The summed E-state index contributed by atoms with van der Waals surface area (Å²) in [6.07, 6.45) is 3.00. The molecule has 1 aliphatic heterocycles. The first-order valence-corrected chi connectivity index (χ1v) is 11.2. The summed E-state index contributed by atoms with van der Waals surface area (Å²) >= 11 is 0. The minimum absolute atomic E-state index is 0.0204. The maximum atomic E-state index is 13.4.